The Bertz CT molecular complexity index is 438. The third kappa shape index (κ3) is 10.8. The molecule has 2 unspecified atom stereocenters. The first-order valence-electron chi connectivity index (χ1n) is 7.24. The summed E-state index contributed by atoms with van der Waals surface area (Å²) >= 11 is 0. The zero-order valence-electron chi connectivity index (χ0n) is 12.9. The van der Waals surface area contributed by atoms with Crippen LogP contribution in [0.3, 0.4) is 0 Å². The molecule has 0 bridgehead atoms. The molecule has 5 nitrogen and oxygen atoms in total. The van der Waals surface area contributed by atoms with Gasteiger partial charge in [-0.05, 0) is 26.2 Å². The van der Waals surface area contributed by atoms with Crippen molar-refractivity contribution in [3.8, 4) is 0 Å². The Kier molecular flexibility index (Phi) is 8.99. The predicted molar refractivity (Wildman–Crippen MR) is 78.9 cm³/mol. The highest BCUT2D eigenvalue weighted by Gasteiger charge is 2.27. The third-order valence-corrected chi connectivity index (χ3v) is 4.85. The van der Waals surface area contributed by atoms with Gasteiger partial charge in [0.15, 0.2) is 0 Å². The molecule has 0 rings (SSSR count). The number of rotatable bonds is 10. The van der Waals surface area contributed by atoms with Crippen LogP contribution in [0.5, 0.6) is 0 Å². The van der Waals surface area contributed by atoms with Gasteiger partial charge in [0.2, 0.25) is 0 Å². The predicted octanol–water partition coefficient (Wildman–Crippen LogP) is 2.82. The molecule has 0 radical (unpaired) electrons. The second kappa shape index (κ2) is 9.34. The fourth-order valence-electron chi connectivity index (χ4n) is 1.79. The van der Waals surface area contributed by atoms with Gasteiger partial charge in [0.05, 0.1) is 6.10 Å². The van der Waals surface area contributed by atoms with Crippen LogP contribution >= 0.6 is 0 Å². The van der Waals surface area contributed by atoms with E-state index in [0.717, 1.165) is 6.42 Å². The number of hydrogen-bond donors (Lipinski definition) is 2. The van der Waals surface area contributed by atoms with E-state index in [1.54, 1.807) is 6.92 Å². The summed E-state index contributed by atoms with van der Waals surface area (Å²) in [5, 5.41) is 0. The van der Waals surface area contributed by atoms with Crippen molar-refractivity contribution in [3.05, 3.63) is 0 Å². The van der Waals surface area contributed by atoms with Gasteiger partial charge in [-0.25, -0.2) is 4.21 Å². The first kappa shape index (κ1) is 21.2. The van der Waals surface area contributed by atoms with Crippen LogP contribution in [0.2, 0.25) is 0 Å². The fourth-order valence-corrected chi connectivity index (χ4v) is 3.24. The van der Waals surface area contributed by atoms with Gasteiger partial charge in [-0.3, -0.25) is 9.57 Å². The highest BCUT2D eigenvalue weighted by Crippen LogP contribution is 2.21. The molecule has 0 aromatic heterocycles. The summed E-state index contributed by atoms with van der Waals surface area (Å²) in [7, 11) is -3.16. The largest absolute Gasteiger partial charge is 0.462 e. The molecule has 3 N–H and O–H groups in total. The van der Waals surface area contributed by atoms with Gasteiger partial charge in [-0.15, -0.1) is 0 Å². The number of hydrogen-bond acceptors (Lipinski definition) is 5. The second-order valence-electron chi connectivity index (χ2n) is 5.37. The van der Waals surface area contributed by atoms with Crippen LogP contribution in [0.15, 0.2) is 0 Å². The molecule has 0 aliphatic carbocycles. The van der Waals surface area contributed by atoms with Crippen molar-refractivity contribution < 1.29 is 26.9 Å². The summed E-state index contributed by atoms with van der Waals surface area (Å²) in [6, 6.07) is -1.01. The van der Waals surface area contributed by atoms with Gasteiger partial charge >= 0.3 is 12.1 Å². The van der Waals surface area contributed by atoms with Crippen LogP contribution in [0, 0.1) is 4.78 Å². The molecule has 0 saturated heterocycles. The number of alkyl halides is 3. The van der Waals surface area contributed by atoms with E-state index in [1.807, 2.05) is 6.92 Å². The topological polar surface area (TPSA) is 93.2 Å². The summed E-state index contributed by atoms with van der Waals surface area (Å²) in [6.45, 7) is 3.68. The van der Waals surface area contributed by atoms with Crippen LogP contribution in [-0.2, 0) is 19.3 Å². The van der Waals surface area contributed by atoms with Crippen molar-refractivity contribution in [2.45, 2.75) is 64.3 Å². The average molecular weight is 346 g/mol. The number of carbonyl (C=O) groups excluding carboxylic acids is 1. The van der Waals surface area contributed by atoms with Crippen molar-refractivity contribution in [2.75, 3.05) is 11.5 Å². The van der Waals surface area contributed by atoms with Crippen LogP contribution in [-0.4, -0.2) is 40.0 Å². The summed E-state index contributed by atoms with van der Waals surface area (Å²) in [6.07, 6.45) is -4.49. The Morgan fingerprint density at radius 2 is 1.91 bits per heavy atom. The Balaban J connectivity index is 4.16. The number of nitrogens with two attached hydrogens (primary N) is 1. The molecule has 0 saturated carbocycles. The number of nitrogens with one attached hydrogen (secondary N) is 1. The second-order valence-corrected chi connectivity index (χ2v) is 7.81. The molecule has 0 spiro atoms. The lowest BCUT2D eigenvalue weighted by Crippen LogP contribution is -2.36. The van der Waals surface area contributed by atoms with E-state index in [4.69, 9.17) is 15.3 Å². The molecule has 0 aromatic carbocycles. The molecular weight excluding hydrogens is 321 g/mol. The van der Waals surface area contributed by atoms with Crippen molar-refractivity contribution >= 4 is 15.7 Å². The smallest absolute Gasteiger partial charge is 0.389 e. The summed E-state index contributed by atoms with van der Waals surface area (Å²) in [5.41, 5.74) is 5.60. The maximum atomic E-state index is 12.0. The number of esters is 1. The molecule has 3 atom stereocenters. The molecule has 0 amide bonds. The molecule has 0 aliphatic rings. The quantitative estimate of drug-likeness (QED) is 0.595. The molecule has 132 valence electrons. The molecule has 9 heteroatoms. The van der Waals surface area contributed by atoms with Gasteiger partial charge in [-0.2, -0.15) is 13.2 Å². The molecule has 0 aliphatic heterocycles. The maximum absolute atomic E-state index is 12.0. The van der Waals surface area contributed by atoms with E-state index >= 15 is 0 Å². The summed E-state index contributed by atoms with van der Waals surface area (Å²) < 4.78 is 60.4. The van der Waals surface area contributed by atoms with Gasteiger partial charge in [-0.1, -0.05) is 13.3 Å². The lowest BCUT2D eigenvalue weighted by molar-refractivity contribution is -0.150. The van der Waals surface area contributed by atoms with Gasteiger partial charge in [0.1, 0.15) is 6.04 Å². The first-order chi connectivity index (χ1) is 9.97. The lowest BCUT2D eigenvalue weighted by atomic mass is 10.2. The van der Waals surface area contributed by atoms with Crippen LogP contribution in [0.4, 0.5) is 13.2 Å². The van der Waals surface area contributed by atoms with Gasteiger partial charge in [0.25, 0.3) is 0 Å². The van der Waals surface area contributed by atoms with Crippen molar-refractivity contribution in [1.82, 2.24) is 0 Å². The molecule has 22 heavy (non-hydrogen) atoms. The Hall–Kier alpha value is -0.830. The van der Waals surface area contributed by atoms with Gasteiger partial charge < -0.3 is 10.5 Å². The lowest BCUT2D eigenvalue weighted by Gasteiger charge is -2.17. The minimum atomic E-state index is -4.31. The molecule has 0 aromatic rings. The zero-order chi connectivity index (χ0) is 17.4. The number of ether oxygens (including phenoxy) is 1. The Morgan fingerprint density at radius 1 is 1.32 bits per heavy atom. The minimum Gasteiger partial charge on any atom is -0.462 e. The van der Waals surface area contributed by atoms with E-state index in [9.17, 15) is 22.2 Å². The maximum Gasteiger partial charge on any atom is 0.389 e. The van der Waals surface area contributed by atoms with E-state index in [0.29, 0.717) is 6.42 Å². The van der Waals surface area contributed by atoms with E-state index in [-0.39, 0.29) is 30.5 Å². The Labute approximate surface area is 129 Å². The highest BCUT2D eigenvalue weighted by molar-refractivity contribution is 7.92. The van der Waals surface area contributed by atoms with Crippen molar-refractivity contribution in [1.29, 1.82) is 4.78 Å². The van der Waals surface area contributed by atoms with Crippen molar-refractivity contribution in [2.24, 2.45) is 5.73 Å². The van der Waals surface area contributed by atoms with E-state index < -0.39 is 34.3 Å². The van der Waals surface area contributed by atoms with Crippen molar-refractivity contribution in [3.63, 3.8) is 0 Å². The number of halogens is 3. The standard InChI is InChI=1S/C13H25F3N2O3S/c1-3-5-10(2)21-12(19)11(17)6-9-22(18,20)8-4-7-13(14,15)16/h10-11,18H,3-9,17H2,1-2H3/t10?,11-,22?/m0/s1. The SMILES string of the molecule is CCCC(C)OC(=O)[C@@H](N)CCS(=N)(=O)CCCC(F)(F)F. The summed E-state index contributed by atoms with van der Waals surface area (Å²) in [5.74, 6) is -1.18. The number of carbonyl (C=O) groups is 1. The van der Waals surface area contributed by atoms with Crippen LogP contribution in [0.25, 0.3) is 0 Å². The fraction of sp³-hybridized carbons (Fsp3) is 0.923. The first-order valence-corrected chi connectivity index (χ1v) is 9.13. The van der Waals surface area contributed by atoms with E-state index in [2.05, 4.69) is 0 Å². The monoisotopic (exact) mass is 346 g/mol. The molecular formula is C13H25F3N2O3S. The van der Waals surface area contributed by atoms with E-state index in [1.165, 1.54) is 0 Å². The third-order valence-electron chi connectivity index (χ3n) is 3.01. The highest BCUT2D eigenvalue weighted by atomic mass is 32.2. The zero-order valence-corrected chi connectivity index (χ0v) is 13.8. The molecule has 0 heterocycles. The normalized spacial score (nSPS) is 17.5. The minimum absolute atomic E-state index is 0.0357. The van der Waals surface area contributed by atoms with Gasteiger partial charge in [0, 0.05) is 27.7 Å². The summed E-state index contributed by atoms with van der Waals surface area (Å²) in [4.78, 5) is 11.6. The van der Waals surface area contributed by atoms with Crippen LogP contribution < -0.4 is 5.73 Å². The average Bonchev–Trinajstić information content (AvgIpc) is 2.34. The molecule has 0 fully saturated rings. The van der Waals surface area contributed by atoms with Crippen LogP contribution in [0.1, 0.15) is 46.0 Å². The Morgan fingerprint density at radius 3 is 2.41 bits per heavy atom.